The van der Waals surface area contributed by atoms with Gasteiger partial charge in [0, 0.05) is 11.9 Å². The Morgan fingerprint density at radius 1 is 1.58 bits per heavy atom. The molecule has 1 aromatic heterocycles. The molecule has 0 aliphatic rings. The molecule has 2 heteroatoms. The summed E-state index contributed by atoms with van der Waals surface area (Å²) in [7, 11) is 0. The van der Waals surface area contributed by atoms with Crippen molar-refractivity contribution in [3.8, 4) is 0 Å². The molecule has 0 amide bonds. The Balaban J connectivity index is 2.68. The lowest BCUT2D eigenvalue weighted by atomic mass is 10.2. The summed E-state index contributed by atoms with van der Waals surface area (Å²) in [5, 5.41) is 0. The van der Waals surface area contributed by atoms with Crippen LogP contribution in [-0.2, 0) is 0 Å². The summed E-state index contributed by atoms with van der Waals surface area (Å²) in [6.07, 6.45) is 6.86. The maximum atomic E-state index is 5.36. The first-order valence-corrected chi connectivity index (χ1v) is 4.13. The highest BCUT2D eigenvalue weighted by molar-refractivity contribution is 5.50. The van der Waals surface area contributed by atoms with Crippen molar-refractivity contribution in [1.82, 2.24) is 4.98 Å². The van der Waals surface area contributed by atoms with Gasteiger partial charge in [-0.2, -0.15) is 0 Å². The van der Waals surface area contributed by atoms with E-state index in [0.29, 0.717) is 6.54 Å². The molecule has 0 radical (unpaired) electrons. The van der Waals surface area contributed by atoms with Crippen LogP contribution in [0.4, 0.5) is 0 Å². The van der Waals surface area contributed by atoms with Gasteiger partial charge in [0.1, 0.15) is 0 Å². The highest BCUT2D eigenvalue weighted by Crippen LogP contribution is 2.05. The van der Waals surface area contributed by atoms with Crippen molar-refractivity contribution in [2.75, 3.05) is 6.54 Å². The quantitative estimate of drug-likeness (QED) is 0.735. The molecule has 1 heterocycles. The van der Waals surface area contributed by atoms with Crippen molar-refractivity contribution in [2.24, 2.45) is 5.73 Å². The van der Waals surface area contributed by atoms with Gasteiger partial charge >= 0.3 is 0 Å². The molecule has 0 fully saturated rings. The lowest BCUT2D eigenvalue weighted by Gasteiger charge is -1.96. The van der Waals surface area contributed by atoms with Gasteiger partial charge < -0.3 is 5.73 Å². The predicted molar refractivity (Wildman–Crippen MR) is 51.7 cm³/mol. The van der Waals surface area contributed by atoms with Gasteiger partial charge in [0.05, 0.1) is 0 Å². The zero-order valence-corrected chi connectivity index (χ0v) is 7.33. The van der Waals surface area contributed by atoms with Crippen LogP contribution in [0.2, 0.25) is 0 Å². The number of hydrogen-bond acceptors (Lipinski definition) is 2. The Morgan fingerprint density at radius 2 is 2.42 bits per heavy atom. The van der Waals surface area contributed by atoms with Gasteiger partial charge in [-0.15, -0.1) is 0 Å². The Kier molecular flexibility index (Phi) is 3.48. The summed E-state index contributed by atoms with van der Waals surface area (Å²) < 4.78 is 0. The van der Waals surface area contributed by atoms with Crippen LogP contribution in [0.1, 0.15) is 17.7 Å². The number of aryl methyl sites for hydroxylation is 1. The van der Waals surface area contributed by atoms with E-state index >= 15 is 0 Å². The molecule has 0 aliphatic heterocycles. The molecule has 0 aromatic carbocycles. The number of nitrogens with zero attached hydrogens (tertiary/aromatic N) is 1. The topological polar surface area (TPSA) is 38.9 Å². The number of pyridine rings is 1. The average Bonchev–Trinajstić information content (AvgIpc) is 2.09. The van der Waals surface area contributed by atoms with E-state index in [4.69, 9.17) is 5.73 Å². The summed E-state index contributed by atoms with van der Waals surface area (Å²) in [4.78, 5) is 4.18. The van der Waals surface area contributed by atoms with E-state index in [2.05, 4.69) is 23.2 Å². The largest absolute Gasteiger partial charge is 0.330 e. The molecule has 64 valence electrons. The average molecular weight is 162 g/mol. The Labute approximate surface area is 73.1 Å². The SMILES string of the molecule is Cc1ncccc1C=CCCN. The third kappa shape index (κ3) is 2.47. The van der Waals surface area contributed by atoms with Crippen LogP contribution >= 0.6 is 0 Å². The molecular weight excluding hydrogens is 148 g/mol. The van der Waals surface area contributed by atoms with E-state index in [9.17, 15) is 0 Å². The number of hydrogen-bond donors (Lipinski definition) is 1. The first-order chi connectivity index (χ1) is 5.84. The van der Waals surface area contributed by atoms with E-state index < -0.39 is 0 Å². The molecule has 12 heavy (non-hydrogen) atoms. The third-order valence-electron chi connectivity index (χ3n) is 1.68. The molecule has 2 nitrogen and oxygen atoms in total. The minimum atomic E-state index is 0.704. The van der Waals surface area contributed by atoms with Crippen LogP contribution in [0.3, 0.4) is 0 Å². The van der Waals surface area contributed by atoms with Gasteiger partial charge in [0.2, 0.25) is 0 Å². The molecule has 2 N–H and O–H groups in total. The van der Waals surface area contributed by atoms with Crippen LogP contribution in [0.25, 0.3) is 6.08 Å². The Bertz CT molecular complexity index is 266. The molecule has 0 atom stereocenters. The van der Waals surface area contributed by atoms with E-state index in [1.54, 1.807) is 6.20 Å². The molecule has 0 unspecified atom stereocenters. The predicted octanol–water partition coefficient (Wildman–Crippen LogP) is 1.75. The molecular formula is C10H14N2. The van der Waals surface area contributed by atoms with E-state index in [1.807, 2.05) is 13.0 Å². The molecule has 1 aromatic rings. The van der Waals surface area contributed by atoms with Crippen LogP contribution in [0, 0.1) is 6.92 Å². The third-order valence-corrected chi connectivity index (χ3v) is 1.68. The molecule has 0 saturated heterocycles. The standard InChI is InChI=1S/C10H14N2/c1-9-10(5-2-3-7-11)6-4-8-12-9/h2,4-6,8H,3,7,11H2,1H3. The smallest absolute Gasteiger partial charge is 0.0444 e. The van der Waals surface area contributed by atoms with Crippen molar-refractivity contribution < 1.29 is 0 Å². The molecule has 0 spiro atoms. The minimum absolute atomic E-state index is 0.704. The second kappa shape index (κ2) is 4.67. The lowest BCUT2D eigenvalue weighted by Crippen LogP contribution is -1.95. The zero-order valence-electron chi connectivity index (χ0n) is 7.33. The summed E-state index contributed by atoms with van der Waals surface area (Å²) >= 11 is 0. The fourth-order valence-electron chi connectivity index (χ4n) is 0.979. The zero-order chi connectivity index (χ0) is 8.81. The van der Waals surface area contributed by atoms with Crippen molar-refractivity contribution in [3.05, 3.63) is 35.7 Å². The van der Waals surface area contributed by atoms with Gasteiger partial charge in [0.25, 0.3) is 0 Å². The van der Waals surface area contributed by atoms with Gasteiger partial charge in [-0.05, 0) is 31.5 Å². The van der Waals surface area contributed by atoms with E-state index in [-0.39, 0.29) is 0 Å². The van der Waals surface area contributed by atoms with Gasteiger partial charge in [-0.25, -0.2) is 0 Å². The first-order valence-electron chi connectivity index (χ1n) is 4.13. The van der Waals surface area contributed by atoms with Gasteiger partial charge in [0.15, 0.2) is 0 Å². The van der Waals surface area contributed by atoms with Crippen LogP contribution in [0.5, 0.6) is 0 Å². The monoisotopic (exact) mass is 162 g/mol. The molecule has 0 saturated carbocycles. The summed E-state index contributed by atoms with van der Waals surface area (Å²) in [5.74, 6) is 0. The van der Waals surface area contributed by atoms with Gasteiger partial charge in [-0.1, -0.05) is 18.2 Å². The minimum Gasteiger partial charge on any atom is -0.330 e. The normalized spacial score (nSPS) is 10.8. The number of nitrogens with two attached hydrogens (primary N) is 1. The lowest BCUT2D eigenvalue weighted by molar-refractivity contribution is 1.01. The highest BCUT2D eigenvalue weighted by Gasteiger charge is 1.90. The van der Waals surface area contributed by atoms with E-state index in [0.717, 1.165) is 12.1 Å². The summed E-state index contributed by atoms with van der Waals surface area (Å²) in [5.41, 5.74) is 7.60. The fraction of sp³-hybridized carbons (Fsp3) is 0.300. The van der Waals surface area contributed by atoms with Crippen molar-refractivity contribution in [2.45, 2.75) is 13.3 Å². The summed E-state index contributed by atoms with van der Waals surface area (Å²) in [6.45, 7) is 2.71. The van der Waals surface area contributed by atoms with Crippen molar-refractivity contribution >= 4 is 6.08 Å². The number of rotatable bonds is 3. The van der Waals surface area contributed by atoms with Crippen molar-refractivity contribution in [1.29, 1.82) is 0 Å². The van der Waals surface area contributed by atoms with Crippen molar-refractivity contribution in [3.63, 3.8) is 0 Å². The maximum absolute atomic E-state index is 5.36. The van der Waals surface area contributed by atoms with Gasteiger partial charge in [-0.3, -0.25) is 4.98 Å². The highest BCUT2D eigenvalue weighted by atomic mass is 14.7. The maximum Gasteiger partial charge on any atom is 0.0444 e. The second-order valence-electron chi connectivity index (χ2n) is 2.66. The van der Waals surface area contributed by atoms with Crippen LogP contribution in [-0.4, -0.2) is 11.5 Å². The Hall–Kier alpha value is -1.15. The van der Waals surface area contributed by atoms with Crippen LogP contribution in [0.15, 0.2) is 24.4 Å². The molecule has 1 rings (SSSR count). The molecule has 0 bridgehead atoms. The fourth-order valence-corrected chi connectivity index (χ4v) is 0.979. The second-order valence-corrected chi connectivity index (χ2v) is 2.66. The first kappa shape index (κ1) is 8.94. The summed E-state index contributed by atoms with van der Waals surface area (Å²) in [6, 6.07) is 3.99. The number of aromatic nitrogens is 1. The van der Waals surface area contributed by atoms with E-state index in [1.165, 1.54) is 5.56 Å². The Morgan fingerprint density at radius 3 is 3.08 bits per heavy atom. The van der Waals surface area contributed by atoms with Crippen LogP contribution < -0.4 is 5.73 Å². The molecule has 0 aliphatic carbocycles.